The Morgan fingerprint density at radius 3 is 2.32 bits per heavy atom. The molecule has 1 aromatic heterocycles. The Morgan fingerprint density at radius 1 is 1.16 bits per heavy atom. The van der Waals surface area contributed by atoms with Crippen LogP contribution in [0, 0.1) is 5.92 Å². The number of esters is 1. The zero-order chi connectivity index (χ0) is 23.1. The van der Waals surface area contributed by atoms with E-state index in [4.69, 9.17) is 5.73 Å². The van der Waals surface area contributed by atoms with E-state index in [2.05, 4.69) is 9.72 Å². The van der Waals surface area contributed by atoms with Crippen molar-refractivity contribution in [3.63, 3.8) is 0 Å². The molecular weight excluding hydrogens is 400 g/mol. The van der Waals surface area contributed by atoms with Gasteiger partial charge in [-0.25, -0.2) is 9.59 Å². The highest BCUT2D eigenvalue weighted by Crippen LogP contribution is 2.21. The number of methoxy groups -OCH3 is 1. The van der Waals surface area contributed by atoms with Gasteiger partial charge in [-0.3, -0.25) is 19.1 Å². The van der Waals surface area contributed by atoms with Crippen LogP contribution in [0.15, 0.2) is 33.9 Å². The summed E-state index contributed by atoms with van der Waals surface area (Å²) >= 11 is 0. The second kappa shape index (κ2) is 10.6. The van der Waals surface area contributed by atoms with Crippen LogP contribution in [0.5, 0.6) is 0 Å². The number of ether oxygens (including phenoxy) is 1. The van der Waals surface area contributed by atoms with Crippen LogP contribution < -0.4 is 21.9 Å². The molecule has 1 amide bonds. The van der Waals surface area contributed by atoms with Crippen LogP contribution in [-0.2, 0) is 11.3 Å². The second-order valence-corrected chi connectivity index (χ2v) is 7.71. The van der Waals surface area contributed by atoms with Crippen LogP contribution in [0.25, 0.3) is 0 Å². The third-order valence-corrected chi connectivity index (χ3v) is 4.95. The molecule has 31 heavy (non-hydrogen) atoms. The molecule has 2 aromatic rings. The Bertz CT molecular complexity index is 1040. The van der Waals surface area contributed by atoms with E-state index >= 15 is 0 Å². The Kier molecular flexibility index (Phi) is 8.18. The number of amides is 1. The first kappa shape index (κ1) is 23.9. The molecule has 0 aliphatic carbocycles. The van der Waals surface area contributed by atoms with Crippen molar-refractivity contribution in [2.75, 3.05) is 24.3 Å². The van der Waals surface area contributed by atoms with E-state index in [1.165, 1.54) is 40.8 Å². The molecule has 0 spiro atoms. The number of carbonyl (C=O) groups excluding carboxylic acids is 2. The lowest BCUT2D eigenvalue weighted by Gasteiger charge is -2.25. The molecule has 3 N–H and O–H groups in total. The van der Waals surface area contributed by atoms with Gasteiger partial charge in [-0.2, -0.15) is 0 Å². The van der Waals surface area contributed by atoms with Gasteiger partial charge in [0.15, 0.2) is 5.69 Å². The van der Waals surface area contributed by atoms with E-state index in [1.54, 1.807) is 0 Å². The Hall–Kier alpha value is -3.36. The van der Waals surface area contributed by atoms with Crippen molar-refractivity contribution in [2.24, 2.45) is 5.92 Å². The van der Waals surface area contributed by atoms with Crippen LogP contribution in [-0.4, -0.2) is 35.1 Å². The molecule has 1 aromatic carbocycles. The second-order valence-electron chi connectivity index (χ2n) is 7.71. The van der Waals surface area contributed by atoms with Gasteiger partial charge >= 0.3 is 11.7 Å². The minimum atomic E-state index is -0.710. The Balaban J connectivity index is 2.54. The molecule has 168 valence electrons. The molecule has 0 bridgehead atoms. The number of rotatable bonds is 9. The maximum atomic E-state index is 13.3. The molecule has 0 atom stereocenters. The topological polar surface area (TPSA) is 127 Å². The lowest BCUT2D eigenvalue weighted by molar-refractivity contribution is 0.0600. The number of unbranched alkanes of at least 4 members (excludes halogenated alkanes) is 1. The molecule has 0 radical (unpaired) electrons. The quantitative estimate of drug-likeness (QED) is 0.588. The highest BCUT2D eigenvalue weighted by molar-refractivity contribution is 6.07. The van der Waals surface area contributed by atoms with Crippen molar-refractivity contribution in [3.8, 4) is 0 Å². The lowest BCUT2D eigenvalue weighted by atomic mass is 10.1. The summed E-state index contributed by atoms with van der Waals surface area (Å²) in [5, 5.41) is 0. The highest BCUT2D eigenvalue weighted by atomic mass is 16.5. The molecule has 0 aliphatic heterocycles. The minimum absolute atomic E-state index is 0.0366. The minimum Gasteiger partial charge on any atom is -0.465 e. The van der Waals surface area contributed by atoms with Gasteiger partial charge in [0.1, 0.15) is 5.82 Å². The molecule has 0 unspecified atom stereocenters. The van der Waals surface area contributed by atoms with Crippen LogP contribution >= 0.6 is 0 Å². The number of benzene rings is 1. The third kappa shape index (κ3) is 5.62. The fourth-order valence-electron chi connectivity index (χ4n) is 3.10. The molecule has 2 rings (SSSR count). The number of hydrogen-bond acceptors (Lipinski definition) is 6. The van der Waals surface area contributed by atoms with Crippen molar-refractivity contribution < 1.29 is 14.3 Å². The molecule has 9 nitrogen and oxygen atoms in total. The molecule has 0 saturated heterocycles. The Morgan fingerprint density at radius 2 is 1.77 bits per heavy atom. The van der Waals surface area contributed by atoms with Gasteiger partial charge in [-0.05, 0) is 43.0 Å². The molecule has 9 heteroatoms. The summed E-state index contributed by atoms with van der Waals surface area (Å²) in [7, 11) is 1.28. The smallest absolute Gasteiger partial charge is 0.337 e. The van der Waals surface area contributed by atoms with E-state index in [-0.39, 0.29) is 29.5 Å². The molecule has 0 saturated carbocycles. The normalized spacial score (nSPS) is 10.9. The largest absolute Gasteiger partial charge is 0.465 e. The summed E-state index contributed by atoms with van der Waals surface area (Å²) in [6.45, 7) is 6.57. The van der Waals surface area contributed by atoms with Crippen molar-refractivity contribution in [3.05, 3.63) is 56.2 Å². The summed E-state index contributed by atoms with van der Waals surface area (Å²) in [6, 6.07) is 5.95. The zero-order valence-corrected chi connectivity index (χ0v) is 18.4. The van der Waals surface area contributed by atoms with Crippen molar-refractivity contribution in [1.82, 2.24) is 9.55 Å². The van der Waals surface area contributed by atoms with Gasteiger partial charge in [-0.15, -0.1) is 0 Å². The third-order valence-electron chi connectivity index (χ3n) is 4.95. The first-order valence-electron chi connectivity index (χ1n) is 10.3. The number of hydrogen-bond donors (Lipinski definition) is 2. The number of nitrogens with one attached hydrogen (secondary N) is 1. The van der Waals surface area contributed by atoms with Crippen LogP contribution in [0.4, 0.5) is 11.5 Å². The fraction of sp³-hybridized carbons (Fsp3) is 0.455. The van der Waals surface area contributed by atoms with Gasteiger partial charge in [0, 0.05) is 18.7 Å². The molecule has 0 fully saturated rings. The van der Waals surface area contributed by atoms with Crippen molar-refractivity contribution >= 4 is 23.4 Å². The number of anilines is 2. The van der Waals surface area contributed by atoms with Crippen LogP contribution in [0.3, 0.4) is 0 Å². The van der Waals surface area contributed by atoms with Crippen molar-refractivity contribution in [2.45, 2.75) is 46.6 Å². The molecule has 0 aliphatic rings. The highest BCUT2D eigenvalue weighted by Gasteiger charge is 2.25. The summed E-state index contributed by atoms with van der Waals surface area (Å²) in [5.74, 6) is -0.733. The first-order valence-corrected chi connectivity index (χ1v) is 10.3. The molecular formula is C22H30N4O5. The van der Waals surface area contributed by atoms with Gasteiger partial charge in [-0.1, -0.05) is 27.2 Å². The summed E-state index contributed by atoms with van der Waals surface area (Å²) in [5.41, 5.74) is 5.45. The van der Waals surface area contributed by atoms with E-state index in [0.29, 0.717) is 24.9 Å². The van der Waals surface area contributed by atoms with Gasteiger partial charge in [0.2, 0.25) is 0 Å². The van der Waals surface area contributed by atoms with Gasteiger partial charge in [0.05, 0.1) is 12.7 Å². The maximum absolute atomic E-state index is 13.3. The predicted octanol–water partition coefficient (Wildman–Crippen LogP) is 2.40. The van der Waals surface area contributed by atoms with Crippen LogP contribution in [0.2, 0.25) is 0 Å². The zero-order valence-electron chi connectivity index (χ0n) is 18.4. The molecule has 1 heterocycles. The predicted molar refractivity (Wildman–Crippen MR) is 120 cm³/mol. The monoisotopic (exact) mass is 430 g/mol. The number of nitrogen functional groups attached to an aromatic ring is 1. The maximum Gasteiger partial charge on any atom is 0.337 e. The fourth-order valence-corrected chi connectivity index (χ4v) is 3.10. The summed E-state index contributed by atoms with van der Waals surface area (Å²) < 4.78 is 5.97. The van der Waals surface area contributed by atoms with Crippen LogP contribution in [0.1, 0.15) is 60.7 Å². The Labute approximate surface area is 180 Å². The number of aromatic amines is 1. The van der Waals surface area contributed by atoms with E-state index in [1.807, 2.05) is 20.8 Å². The van der Waals surface area contributed by atoms with Crippen molar-refractivity contribution in [1.29, 1.82) is 0 Å². The average molecular weight is 431 g/mol. The standard InChI is InChI=1S/C22H30N4O5/c1-5-6-12-26-18(23)17(19(27)24-22(26)30)25(13-11-14(2)3)20(28)15-7-9-16(10-8-15)21(29)31-4/h7-10,14H,5-6,11-13,23H2,1-4H3,(H,24,27,30). The number of carbonyl (C=O) groups is 2. The average Bonchev–Trinajstić information content (AvgIpc) is 2.74. The van der Waals surface area contributed by atoms with E-state index in [9.17, 15) is 19.2 Å². The summed E-state index contributed by atoms with van der Waals surface area (Å²) in [4.78, 5) is 53.5. The van der Waals surface area contributed by atoms with Gasteiger partial charge < -0.3 is 15.4 Å². The number of nitrogens with two attached hydrogens (primary N) is 1. The lowest BCUT2D eigenvalue weighted by Crippen LogP contribution is -2.42. The first-order chi connectivity index (χ1) is 14.7. The number of H-pyrrole nitrogens is 1. The number of nitrogens with zero attached hydrogens (tertiary/aromatic N) is 2. The SMILES string of the molecule is CCCCn1c(N)c(N(CCC(C)C)C(=O)c2ccc(C(=O)OC)cc2)c(=O)[nH]c1=O. The summed E-state index contributed by atoms with van der Waals surface area (Å²) in [6.07, 6.45) is 2.16. The number of aromatic nitrogens is 2. The van der Waals surface area contributed by atoms with E-state index < -0.39 is 23.1 Å². The van der Waals surface area contributed by atoms with Gasteiger partial charge in [0.25, 0.3) is 11.5 Å². The van der Waals surface area contributed by atoms with E-state index in [0.717, 1.165) is 6.42 Å².